The highest BCUT2D eigenvalue weighted by atomic mass is 32.2. The van der Waals surface area contributed by atoms with Gasteiger partial charge in [0, 0.05) is 6.54 Å². The van der Waals surface area contributed by atoms with Gasteiger partial charge in [0.1, 0.15) is 6.04 Å². The predicted molar refractivity (Wildman–Crippen MR) is 64.8 cm³/mol. The zero-order valence-corrected chi connectivity index (χ0v) is 10.9. The van der Waals surface area contributed by atoms with E-state index in [0.29, 0.717) is 13.0 Å². The summed E-state index contributed by atoms with van der Waals surface area (Å²) < 4.78 is 29.0. The summed E-state index contributed by atoms with van der Waals surface area (Å²) in [7, 11) is -3.83. The minimum absolute atomic E-state index is 0.108. The molecule has 5 nitrogen and oxygen atoms in total. The number of rotatable bonds is 3. The van der Waals surface area contributed by atoms with Crippen LogP contribution < -0.4 is 0 Å². The molecule has 0 aliphatic carbocycles. The third-order valence-electron chi connectivity index (χ3n) is 2.86. The van der Waals surface area contributed by atoms with Crippen molar-refractivity contribution in [2.24, 2.45) is 0 Å². The summed E-state index contributed by atoms with van der Waals surface area (Å²) in [4.78, 5) is 0.108. The summed E-state index contributed by atoms with van der Waals surface area (Å²) in [5.74, 6) is 0. The molecule has 2 rings (SSSR count). The highest BCUT2D eigenvalue weighted by molar-refractivity contribution is 7.86. The molecule has 0 saturated carbocycles. The molecule has 0 N–H and O–H groups in total. The molecule has 1 aliphatic heterocycles. The fraction of sp³-hybridized carbons (Fsp3) is 0.417. The standard InChI is InChI=1S/C12H14N2O3S/c1-10-4-6-12(7-5-10)18(15,16)17-14-8-2-3-11(14)9-13/h4-7,11H,2-3,8H2,1H3. The first-order chi connectivity index (χ1) is 8.53. The Kier molecular flexibility index (Phi) is 3.66. The van der Waals surface area contributed by atoms with Crippen LogP contribution in [-0.2, 0) is 14.4 Å². The van der Waals surface area contributed by atoms with Gasteiger partial charge in [-0.25, -0.2) is 0 Å². The van der Waals surface area contributed by atoms with Crippen molar-refractivity contribution in [1.82, 2.24) is 5.06 Å². The second-order valence-electron chi connectivity index (χ2n) is 4.27. The molecule has 1 aliphatic rings. The lowest BCUT2D eigenvalue weighted by Crippen LogP contribution is -2.31. The van der Waals surface area contributed by atoms with E-state index in [0.717, 1.165) is 12.0 Å². The smallest absolute Gasteiger partial charge is 0.196 e. The monoisotopic (exact) mass is 266 g/mol. The summed E-state index contributed by atoms with van der Waals surface area (Å²) >= 11 is 0. The zero-order chi connectivity index (χ0) is 13.2. The molecule has 1 unspecified atom stereocenters. The first-order valence-electron chi connectivity index (χ1n) is 5.70. The van der Waals surface area contributed by atoms with Gasteiger partial charge in [0.05, 0.1) is 11.0 Å². The minimum atomic E-state index is -3.83. The molecule has 6 heteroatoms. The number of nitriles is 1. The molecule has 0 aromatic heterocycles. The predicted octanol–water partition coefficient (Wildman–Crippen LogP) is 1.60. The molecule has 0 radical (unpaired) electrons. The van der Waals surface area contributed by atoms with E-state index in [2.05, 4.69) is 0 Å². The summed E-state index contributed by atoms with van der Waals surface area (Å²) in [6, 6.07) is 7.98. The van der Waals surface area contributed by atoms with E-state index in [1.807, 2.05) is 13.0 Å². The van der Waals surface area contributed by atoms with Crippen molar-refractivity contribution < 1.29 is 12.7 Å². The van der Waals surface area contributed by atoms with E-state index in [-0.39, 0.29) is 4.90 Å². The summed E-state index contributed by atoms with van der Waals surface area (Å²) in [5.41, 5.74) is 0.977. The number of aryl methyl sites for hydroxylation is 1. The first-order valence-corrected chi connectivity index (χ1v) is 7.11. The summed E-state index contributed by atoms with van der Waals surface area (Å²) in [6.45, 7) is 2.34. The van der Waals surface area contributed by atoms with Crippen LogP contribution in [0.2, 0.25) is 0 Å². The second kappa shape index (κ2) is 5.06. The Labute approximate surface area is 107 Å². The molecule has 1 fully saturated rings. The van der Waals surface area contributed by atoms with E-state index in [4.69, 9.17) is 9.55 Å². The van der Waals surface area contributed by atoms with Crippen molar-refractivity contribution in [3.8, 4) is 6.07 Å². The quantitative estimate of drug-likeness (QED) is 0.831. The second-order valence-corrected chi connectivity index (χ2v) is 5.80. The SMILES string of the molecule is Cc1ccc(S(=O)(=O)ON2CCCC2C#N)cc1. The van der Waals surface area contributed by atoms with Crippen LogP contribution in [-0.4, -0.2) is 26.1 Å². The molecule has 1 saturated heterocycles. The number of nitrogens with zero attached hydrogens (tertiary/aromatic N) is 2. The van der Waals surface area contributed by atoms with E-state index >= 15 is 0 Å². The number of hydrogen-bond acceptors (Lipinski definition) is 5. The third kappa shape index (κ3) is 2.70. The van der Waals surface area contributed by atoms with E-state index in [1.165, 1.54) is 17.2 Å². The van der Waals surface area contributed by atoms with Crippen molar-refractivity contribution >= 4 is 10.1 Å². The molecule has 1 heterocycles. The van der Waals surface area contributed by atoms with Crippen LogP contribution in [0.15, 0.2) is 29.2 Å². The fourth-order valence-electron chi connectivity index (χ4n) is 1.83. The molecule has 0 bridgehead atoms. The molecular weight excluding hydrogens is 252 g/mol. The van der Waals surface area contributed by atoms with Crippen molar-refractivity contribution in [3.05, 3.63) is 29.8 Å². The third-order valence-corrected chi connectivity index (χ3v) is 4.09. The van der Waals surface area contributed by atoms with Crippen molar-refractivity contribution in [2.45, 2.75) is 30.7 Å². The van der Waals surface area contributed by atoms with Gasteiger partial charge in [0.15, 0.2) is 0 Å². The maximum absolute atomic E-state index is 12.0. The van der Waals surface area contributed by atoms with Gasteiger partial charge in [-0.2, -0.15) is 23.0 Å². The lowest BCUT2D eigenvalue weighted by atomic mass is 10.2. The van der Waals surface area contributed by atoms with E-state index < -0.39 is 16.2 Å². The summed E-state index contributed by atoms with van der Waals surface area (Å²) in [6.07, 6.45) is 1.40. The van der Waals surface area contributed by atoms with Crippen LogP contribution in [0.25, 0.3) is 0 Å². The van der Waals surface area contributed by atoms with Gasteiger partial charge >= 0.3 is 10.1 Å². The lowest BCUT2D eigenvalue weighted by molar-refractivity contribution is -0.0474. The van der Waals surface area contributed by atoms with Crippen molar-refractivity contribution in [2.75, 3.05) is 6.54 Å². The molecule has 0 amide bonds. The van der Waals surface area contributed by atoms with Crippen LogP contribution in [0.1, 0.15) is 18.4 Å². The van der Waals surface area contributed by atoms with Gasteiger partial charge in [0.2, 0.25) is 0 Å². The molecule has 1 aromatic rings. The maximum Gasteiger partial charge on any atom is 0.313 e. The minimum Gasteiger partial charge on any atom is -0.196 e. The number of hydrogen-bond donors (Lipinski definition) is 0. The Morgan fingerprint density at radius 2 is 2.06 bits per heavy atom. The molecule has 0 spiro atoms. The highest BCUT2D eigenvalue weighted by Gasteiger charge is 2.30. The topological polar surface area (TPSA) is 70.4 Å². The molecular formula is C12H14N2O3S. The van der Waals surface area contributed by atoms with Gasteiger partial charge in [-0.3, -0.25) is 0 Å². The van der Waals surface area contributed by atoms with Gasteiger partial charge in [0.25, 0.3) is 0 Å². The average molecular weight is 266 g/mol. The Hall–Kier alpha value is -1.42. The highest BCUT2D eigenvalue weighted by Crippen LogP contribution is 2.22. The Bertz CT molecular complexity index is 560. The van der Waals surface area contributed by atoms with Crippen molar-refractivity contribution in [3.63, 3.8) is 0 Å². The van der Waals surface area contributed by atoms with Gasteiger partial charge in [-0.15, -0.1) is 0 Å². The number of hydroxylamine groups is 2. The molecule has 1 aromatic carbocycles. The maximum atomic E-state index is 12.0. The van der Waals surface area contributed by atoms with Gasteiger partial charge in [-0.1, -0.05) is 17.7 Å². The summed E-state index contributed by atoms with van der Waals surface area (Å²) in [5, 5.41) is 10.1. The van der Waals surface area contributed by atoms with Crippen LogP contribution in [0.4, 0.5) is 0 Å². The van der Waals surface area contributed by atoms with E-state index in [9.17, 15) is 8.42 Å². The van der Waals surface area contributed by atoms with Crippen LogP contribution in [0.3, 0.4) is 0 Å². The number of benzene rings is 1. The first kappa shape index (κ1) is 13.0. The molecule has 1 atom stereocenters. The van der Waals surface area contributed by atoms with Crippen LogP contribution >= 0.6 is 0 Å². The molecule has 18 heavy (non-hydrogen) atoms. The van der Waals surface area contributed by atoms with Crippen LogP contribution in [0, 0.1) is 18.3 Å². The Morgan fingerprint density at radius 3 is 2.67 bits per heavy atom. The zero-order valence-electron chi connectivity index (χ0n) is 10.0. The molecule has 96 valence electrons. The lowest BCUT2D eigenvalue weighted by Gasteiger charge is -2.17. The normalized spacial score (nSPS) is 20.8. The average Bonchev–Trinajstić information content (AvgIpc) is 2.76. The fourth-order valence-corrected chi connectivity index (χ4v) is 2.82. The van der Waals surface area contributed by atoms with Crippen molar-refractivity contribution in [1.29, 1.82) is 5.26 Å². The van der Waals surface area contributed by atoms with Gasteiger partial charge in [-0.05, 0) is 31.9 Å². The van der Waals surface area contributed by atoms with Gasteiger partial charge < -0.3 is 0 Å². The van der Waals surface area contributed by atoms with E-state index in [1.54, 1.807) is 12.1 Å². The Balaban J connectivity index is 2.17. The Morgan fingerprint density at radius 1 is 1.39 bits per heavy atom. The van der Waals surface area contributed by atoms with Crippen LogP contribution in [0.5, 0.6) is 0 Å². The largest absolute Gasteiger partial charge is 0.313 e.